The maximum atomic E-state index is 5.86. The van der Waals surface area contributed by atoms with Crippen LogP contribution in [0.3, 0.4) is 0 Å². The number of nitrogens with one attached hydrogen (secondary N) is 1. The number of H-pyrrole nitrogens is 1. The molecule has 0 saturated carbocycles. The molecule has 1 aromatic heterocycles. The Kier molecular flexibility index (Phi) is 2.93. The van der Waals surface area contributed by atoms with Gasteiger partial charge in [0.15, 0.2) is 11.6 Å². The van der Waals surface area contributed by atoms with E-state index < -0.39 is 0 Å². The monoisotopic (exact) mass is 270 g/mol. The van der Waals surface area contributed by atoms with Crippen LogP contribution in [-0.2, 0) is 0 Å². The van der Waals surface area contributed by atoms with Gasteiger partial charge in [-0.05, 0) is 36.4 Å². The molecule has 3 aromatic rings. The average Bonchev–Trinajstić information content (AvgIpc) is 2.89. The van der Waals surface area contributed by atoms with Gasteiger partial charge < -0.3 is 5.73 Å². The number of nitrogens with two attached hydrogens (primary N) is 1. The normalized spacial score (nSPS) is 10.6. The predicted octanol–water partition coefficient (Wildman–Crippen LogP) is 3.37. The molecule has 0 bridgehead atoms. The molecule has 0 aliphatic heterocycles. The SMILES string of the molecule is Nc1cccc(-c2n[nH]c(-c3ccc(Cl)cc3)n2)c1. The van der Waals surface area contributed by atoms with Crippen LogP contribution in [-0.4, -0.2) is 15.2 Å². The van der Waals surface area contributed by atoms with Gasteiger partial charge in [0.1, 0.15) is 0 Å². The van der Waals surface area contributed by atoms with Crippen LogP contribution in [0.2, 0.25) is 5.02 Å². The second kappa shape index (κ2) is 4.74. The molecule has 0 spiro atoms. The molecule has 0 saturated heterocycles. The largest absolute Gasteiger partial charge is 0.399 e. The summed E-state index contributed by atoms with van der Waals surface area (Å²) in [6.45, 7) is 0. The Hall–Kier alpha value is -2.33. The quantitative estimate of drug-likeness (QED) is 0.702. The van der Waals surface area contributed by atoms with E-state index in [9.17, 15) is 0 Å². The highest BCUT2D eigenvalue weighted by Crippen LogP contribution is 2.22. The van der Waals surface area contributed by atoms with Crippen LogP contribution in [0, 0.1) is 0 Å². The minimum Gasteiger partial charge on any atom is -0.399 e. The summed E-state index contributed by atoms with van der Waals surface area (Å²) >= 11 is 5.86. The van der Waals surface area contributed by atoms with Crippen LogP contribution in [0.15, 0.2) is 48.5 Å². The van der Waals surface area contributed by atoms with Crippen molar-refractivity contribution >= 4 is 17.3 Å². The topological polar surface area (TPSA) is 67.6 Å². The van der Waals surface area contributed by atoms with Gasteiger partial charge in [-0.25, -0.2) is 4.98 Å². The number of benzene rings is 2. The van der Waals surface area contributed by atoms with Gasteiger partial charge in [-0.3, -0.25) is 5.10 Å². The van der Waals surface area contributed by atoms with Crippen molar-refractivity contribution in [2.75, 3.05) is 5.73 Å². The first kappa shape index (κ1) is 11.7. The molecule has 0 unspecified atom stereocenters. The van der Waals surface area contributed by atoms with E-state index in [1.54, 1.807) is 0 Å². The van der Waals surface area contributed by atoms with E-state index in [0.29, 0.717) is 22.4 Å². The van der Waals surface area contributed by atoms with Gasteiger partial charge in [-0.15, -0.1) is 0 Å². The maximum Gasteiger partial charge on any atom is 0.181 e. The Morgan fingerprint density at radius 1 is 1.00 bits per heavy atom. The molecule has 0 aliphatic rings. The number of hydrogen-bond acceptors (Lipinski definition) is 3. The van der Waals surface area contributed by atoms with Crippen molar-refractivity contribution in [2.45, 2.75) is 0 Å². The molecular weight excluding hydrogens is 260 g/mol. The summed E-state index contributed by atoms with van der Waals surface area (Å²) in [6.07, 6.45) is 0. The number of nitrogens with zero attached hydrogens (tertiary/aromatic N) is 2. The lowest BCUT2D eigenvalue weighted by Crippen LogP contribution is -1.86. The van der Waals surface area contributed by atoms with Gasteiger partial charge in [0.2, 0.25) is 0 Å². The van der Waals surface area contributed by atoms with Crippen LogP contribution in [0.4, 0.5) is 5.69 Å². The molecule has 0 fully saturated rings. The first-order valence-corrected chi connectivity index (χ1v) is 6.14. The highest BCUT2D eigenvalue weighted by molar-refractivity contribution is 6.30. The second-order valence-corrected chi connectivity index (χ2v) is 4.58. The zero-order chi connectivity index (χ0) is 13.2. The summed E-state index contributed by atoms with van der Waals surface area (Å²) in [5, 5.41) is 7.81. The maximum absolute atomic E-state index is 5.86. The number of nitrogen functional groups attached to an aromatic ring is 1. The number of rotatable bonds is 2. The molecule has 0 aliphatic carbocycles. The third-order valence-corrected chi connectivity index (χ3v) is 3.00. The van der Waals surface area contributed by atoms with Crippen molar-refractivity contribution in [3.8, 4) is 22.8 Å². The van der Waals surface area contributed by atoms with Crippen LogP contribution >= 0.6 is 11.6 Å². The van der Waals surface area contributed by atoms with E-state index in [0.717, 1.165) is 11.1 Å². The van der Waals surface area contributed by atoms with Crippen molar-refractivity contribution in [3.63, 3.8) is 0 Å². The van der Waals surface area contributed by atoms with Gasteiger partial charge in [-0.1, -0.05) is 23.7 Å². The van der Waals surface area contributed by atoms with E-state index >= 15 is 0 Å². The lowest BCUT2D eigenvalue weighted by molar-refractivity contribution is 1.10. The molecule has 2 aromatic carbocycles. The number of hydrogen-bond donors (Lipinski definition) is 2. The molecule has 3 N–H and O–H groups in total. The van der Waals surface area contributed by atoms with E-state index in [-0.39, 0.29) is 0 Å². The fourth-order valence-corrected chi connectivity index (χ4v) is 1.93. The molecule has 0 atom stereocenters. The lowest BCUT2D eigenvalue weighted by atomic mass is 10.2. The molecule has 4 nitrogen and oxygen atoms in total. The van der Waals surface area contributed by atoms with Crippen LogP contribution in [0.5, 0.6) is 0 Å². The Morgan fingerprint density at radius 2 is 1.79 bits per heavy atom. The predicted molar refractivity (Wildman–Crippen MR) is 76.7 cm³/mol. The molecule has 3 rings (SSSR count). The van der Waals surface area contributed by atoms with E-state index in [1.165, 1.54) is 0 Å². The number of aromatic nitrogens is 3. The number of aromatic amines is 1. The third kappa shape index (κ3) is 2.44. The van der Waals surface area contributed by atoms with Crippen molar-refractivity contribution in [3.05, 3.63) is 53.6 Å². The fraction of sp³-hybridized carbons (Fsp3) is 0. The number of anilines is 1. The third-order valence-electron chi connectivity index (χ3n) is 2.75. The summed E-state index contributed by atoms with van der Waals surface area (Å²) in [6, 6.07) is 14.9. The van der Waals surface area contributed by atoms with E-state index in [4.69, 9.17) is 17.3 Å². The standard InChI is InChI=1S/C14H11ClN4/c15-11-6-4-9(5-7-11)13-17-14(19-18-13)10-2-1-3-12(16)8-10/h1-8H,16H2,(H,17,18,19). The molecule has 0 amide bonds. The Morgan fingerprint density at radius 3 is 2.53 bits per heavy atom. The summed E-state index contributed by atoms with van der Waals surface area (Å²) in [4.78, 5) is 4.46. The van der Waals surface area contributed by atoms with Crippen LogP contribution in [0.1, 0.15) is 0 Å². The molecular formula is C14H11ClN4. The van der Waals surface area contributed by atoms with Gasteiger partial charge in [-0.2, -0.15) is 5.10 Å². The van der Waals surface area contributed by atoms with Crippen molar-refractivity contribution in [1.29, 1.82) is 0 Å². The minimum absolute atomic E-state index is 0.622. The number of halogens is 1. The van der Waals surface area contributed by atoms with Crippen molar-refractivity contribution in [1.82, 2.24) is 15.2 Å². The Balaban J connectivity index is 1.97. The van der Waals surface area contributed by atoms with Gasteiger partial charge in [0.05, 0.1) is 0 Å². The molecule has 1 heterocycles. The summed E-state index contributed by atoms with van der Waals surface area (Å²) < 4.78 is 0. The molecule has 0 radical (unpaired) electrons. The summed E-state index contributed by atoms with van der Waals surface area (Å²) in [5.74, 6) is 1.33. The van der Waals surface area contributed by atoms with Gasteiger partial charge in [0, 0.05) is 21.8 Å². The average molecular weight is 271 g/mol. The molecule has 5 heteroatoms. The Bertz CT molecular complexity index is 703. The summed E-state index contributed by atoms with van der Waals surface area (Å²) in [7, 11) is 0. The van der Waals surface area contributed by atoms with Crippen LogP contribution in [0.25, 0.3) is 22.8 Å². The van der Waals surface area contributed by atoms with Gasteiger partial charge in [0.25, 0.3) is 0 Å². The second-order valence-electron chi connectivity index (χ2n) is 4.14. The minimum atomic E-state index is 0.622. The highest BCUT2D eigenvalue weighted by Gasteiger charge is 2.07. The molecule has 94 valence electrons. The smallest absolute Gasteiger partial charge is 0.181 e. The summed E-state index contributed by atoms with van der Waals surface area (Å²) in [5.41, 5.74) is 8.26. The zero-order valence-corrected chi connectivity index (χ0v) is 10.7. The lowest BCUT2D eigenvalue weighted by Gasteiger charge is -1.97. The fourth-order valence-electron chi connectivity index (χ4n) is 1.81. The first-order valence-electron chi connectivity index (χ1n) is 5.76. The first-order chi connectivity index (χ1) is 9.22. The zero-order valence-electron chi connectivity index (χ0n) is 9.97. The molecule has 19 heavy (non-hydrogen) atoms. The van der Waals surface area contributed by atoms with E-state index in [2.05, 4.69) is 15.2 Å². The highest BCUT2D eigenvalue weighted by atomic mass is 35.5. The van der Waals surface area contributed by atoms with Crippen molar-refractivity contribution < 1.29 is 0 Å². The van der Waals surface area contributed by atoms with E-state index in [1.807, 2.05) is 48.5 Å². The van der Waals surface area contributed by atoms with Crippen LogP contribution < -0.4 is 5.73 Å². The Labute approximate surface area is 115 Å². The van der Waals surface area contributed by atoms with Crippen molar-refractivity contribution in [2.24, 2.45) is 0 Å². The van der Waals surface area contributed by atoms with Gasteiger partial charge >= 0.3 is 0 Å².